The molecule has 1 unspecified atom stereocenters. The van der Waals surface area contributed by atoms with Gasteiger partial charge >= 0.3 is 0 Å². The van der Waals surface area contributed by atoms with Crippen LogP contribution >= 0.6 is 0 Å². The van der Waals surface area contributed by atoms with Crippen molar-refractivity contribution in [3.63, 3.8) is 0 Å². The summed E-state index contributed by atoms with van der Waals surface area (Å²) in [4.78, 5) is 38.1. The minimum absolute atomic E-state index is 0.00702. The summed E-state index contributed by atoms with van der Waals surface area (Å²) in [5, 5.41) is 9.72. The van der Waals surface area contributed by atoms with Gasteiger partial charge in [0.05, 0.1) is 5.56 Å². The maximum absolute atomic E-state index is 15.7. The fraction of sp³-hybridized carbons (Fsp3) is 0.359. The van der Waals surface area contributed by atoms with Crippen LogP contribution in [0.15, 0.2) is 67.0 Å². The molecule has 50 heavy (non-hydrogen) atoms. The van der Waals surface area contributed by atoms with E-state index in [1.54, 1.807) is 29.8 Å². The first-order valence-corrected chi connectivity index (χ1v) is 16.9. The highest BCUT2D eigenvalue weighted by Gasteiger charge is 2.33. The van der Waals surface area contributed by atoms with E-state index in [1.165, 1.54) is 24.3 Å². The quantitative estimate of drug-likeness (QED) is 0.113. The van der Waals surface area contributed by atoms with Crippen molar-refractivity contribution in [3.05, 3.63) is 101 Å². The van der Waals surface area contributed by atoms with Crippen LogP contribution in [0.5, 0.6) is 11.5 Å². The maximum Gasteiger partial charge on any atom is 0.243 e. The molecule has 5 aromatic rings. The van der Waals surface area contributed by atoms with Crippen LogP contribution in [0.25, 0.3) is 22.3 Å². The maximum atomic E-state index is 15.7. The van der Waals surface area contributed by atoms with Gasteiger partial charge in [0.25, 0.3) is 0 Å². The number of aromatic nitrogens is 3. The van der Waals surface area contributed by atoms with E-state index in [9.17, 15) is 9.59 Å². The minimum Gasteiger partial charge on any atom is -0.454 e. The molecule has 0 radical (unpaired) electrons. The zero-order valence-electron chi connectivity index (χ0n) is 28.8. The molecule has 3 heterocycles. The summed E-state index contributed by atoms with van der Waals surface area (Å²) in [6.07, 6.45) is 6.77. The lowest BCUT2D eigenvalue weighted by molar-refractivity contribution is -0.131. The number of benzene rings is 3. The van der Waals surface area contributed by atoms with Gasteiger partial charge in [-0.2, -0.15) is 0 Å². The molecule has 0 saturated carbocycles. The Morgan fingerprint density at radius 2 is 1.88 bits per heavy atom. The number of hydrogen-bond acceptors (Lipinski definition) is 5. The van der Waals surface area contributed by atoms with Crippen LogP contribution in [-0.4, -0.2) is 50.5 Å². The first-order valence-electron chi connectivity index (χ1n) is 16.9. The van der Waals surface area contributed by atoms with Gasteiger partial charge in [-0.05, 0) is 73.4 Å². The number of ether oxygens (including phenoxy) is 1. The second-order valence-electron chi connectivity index (χ2n) is 14.3. The van der Waals surface area contributed by atoms with Gasteiger partial charge in [0.15, 0.2) is 11.6 Å². The molecule has 2 amide bonds. The highest BCUT2D eigenvalue weighted by molar-refractivity contribution is 5.86. The Morgan fingerprint density at radius 1 is 1.06 bits per heavy atom. The van der Waals surface area contributed by atoms with Crippen molar-refractivity contribution in [2.45, 2.75) is 71.1 Å². The molecule has 0 saturated heterocycles. The first kappa shape index (κ1) is 34.8. The number of aromatic amines is 2. The number of hydroxylamine groups is 1. The lowest BCUT2D eigenvalue weighted by atomic mass is 9.73. The lowest BCUT2D eigenvalue weighted by Gasteiger charge is -2.34. The minimum atomic E-state index is -0.594. The number of aryl methyl sites for hydroxylation is 2. The summed E-state index contributed by atoms with van der Waals surface area (Å²) in [5.41, 5.74) is 4.91. The molecule has 262 valence electrons. The molecule has 6 rings (SSSR count). The smallest absolute Gasteiger partial charge is 0.243 e. The van der Waals surface area contributed by atoms with E-state index in [2.05, 4.69) is 41.8 Å². The van der Waals surface area contributed by atoms with E-state index in [0.29, 0.717) is 36.3 Å². The largest absolute Gasteiger partial charge is 0.454 e. The van der Waals surface area contributed by atoms with Gasteiger partial charge in [-0.15, -0.1) is 0 Å². The van der Waals surface area contributed by atoms with Crippen molar-refractivity contribution >= 4 is 22.7 Å². The molecule has 9 nitrogen and oxygen atoms in total. The molecule has 0 fully saturated rings. The van der Waals surface area contributed by atoms with Crippen molar-refractivity contribution in [1.29, 1.82) is 0 Å². The summed E-state index contributed by atoms with van der Waals surface area (Å²) < 4.78 is 37.3. The predicted molar refractivity (Wildman–Crippen MR) is 187 cm³/mol. The SMILES string of the molecule is CN1CC(C)(C)CCCC(C)(c2cccc(CCC(=O)NO)c2)c2cnc([nH]2)-c2cc(ccc2F)Oc2c(F)cc3[nH]ccc3c2CCC1=O. The third-order valence-corrected chi connectivity index (χ3v) is 9.99. The normalized spacial score (nSPS) is 18.5. The van der Waals surface area contributed by atoms with E-state index >= 15 is 8.78 Å². The topological polar surface area (TPSA) is 123 Å². The van der Waals surface area contributed by atoms with Crippen LogP contribution in [0.4, 0.5) is 8.78 Å². The lowest BCUT2D eigenvalue weighted by Crippen LogP contribution is -2.36. The Balaban J connectivity index is 1.44. The molecule has 1 aliphatic rings. The van der Waals surface area contributed by atoms with E-state index < -0.39 is 23.0 Å². The molecular formula is C39H43F2N5O4. The van der Waals surface area contributed by atoms with Crippen molar-refractivity contribution in [2.75, 3.05) is 13.6 Å². The molecule has 4 bridgehead atoms. The highest BCUT2D eigenvalue weighted by Crippen LogP contribution is 2.41. The standard InChI is InChI=1S/C39H43F2N5O4/c1-38(2)16-6-17-39(3,25-8-5-7-24(19-25)9-13-34(47)45-49)33-22-43-37(44-33)29-20-26(10-12-30(29)40)50-36-28(11-14-35(48)46(4)23-38)27-15-18-42-32(27)21-31(36)41/h5,7-8,10,12,15,18-22,42,49H,6,9,11,13-14,16-17,23H2,1-4H3,(H,43,44)(H,45,47). The number of carbonyl (C=O) groups is 2. The highest BCUT2D eigenvalue weighted by atomic mass is 19.1. The fourth-order valence-corrected chi connectivity index (χ4v) is 7.16. The third kappa shape index (κ3) is 7.28. The summed E-state index contributed by atoms with van der Waals surface area (Å²) in [5.74, 6) is -1.12. The van der Waals surface area contributed by atoms with Gasteiger partial charge in [0, 0.05) is 72.5 Å². The number of nitrogens with one attached hydrogen (secondary N) is 3. The van der Waals surface area contributed by atoms with E-state index in [0.717, 1.165) is 35.0 Å². The number of halogens is 2. The zero-order valence-corrected chi connectivity index (χ0v) is 28.8. The Labute approximate surface area is 290 Å². The molecule has 1 atom stereocenters. The number of H-pyrrole nitrogens is 2. The molecule has 2 aromatic heterocycles. The Hall–Kier alpha value is -5.03. The van der Waals surface area contributed by atoms with Crippen molar-refractivity contribution in [1.82, 2.24) is 25.3 Å². The number of rotatable bonds is 4. The van der Waals surface area contributed by atoms with Crippen molar-refractivity contribution in [3.8, 4) is 22.9 Å². The molecule has 1 aliphatic heterocycles. The van der Waals surface area contributed by atoms with Crippen LogP contribution in [-0.2, 0) is 27.8 Å². The Bertz CT molecular complexity index is 2040. The van der Waals surface area contributed by atoms with Crippen LogP contribution in [0, 0.1) is 17.0 Å². The Kier molecular flexibility index (Phi) is 9.80. The number of amides is 2. The zero-order chi connectivity index (χ0) is 35.6. The Morgan fingerprint density at radius 3 is 2.68 bits per heavy atom. The van der Waals surface area contributed by atoms with Crippen molar-refractivity contribution < 1.29 is 28.3 Å². The molecular weight excluding hydrogens is 640 g/mol. The number of hydrogen-bond donors (Lipinski definition) is 4. The number of nitrogens with zero attached hydrogens (tertiary/aromatic N) is 2. The summed E-state index contributed by atoms with van der Waals surface area (Å²) >= 11 is 0. The van der Waals surface area contributed by atoms with Gasteiger partial charge in [0.2, 0.25) is 11.8 Å². The second-order valence-corrected chi connectivity index (χ2v) is 14.3. The summed E-state index contributed by atoms with van der Waals surface area (Å²) in [7, 11) is 1.81. The monoisotopic (exact) mass is 683 g/mol. The predicted octanol–water partition coefficient (Wildman–Crippen LogP) is 7.97. The van der Waals surface area contributed by atoms with Gasteiger partial charge in [-0.1, -0.05) is 44.5 Å². The average Bonchev–Trinajstić information content (AvgIpc) is 3.78. The van der Waals surface area contributed by atoms with Gasteiger partial charge in [-0.3, -0.25) is 14.8 Å². The van der Waals surface area contributed by atoms with Crippen LogP contribution in [0.2, 0.25) is 0 Å². The number of fused-ring (bicyclic) bond motifs is 8. The fourth-order valence-electron chi connectivity index (χ4n) is 7.16. The molecule has 3 aromatic carbocycles. The molecule has 4 N–H and O–H groups in total. The van der Waals surface area contributed by atoms with Crippen LogP contribution in [0.1, 0.15) is 75.3 Å². The number of carbonyl (C=O) groups excluding carboxylic acids is 2. The summed E-state index contributed by atoms with van der Waals surface area (Å²) in [6.45, 7) is 6.95. The van der Waals surface area contributed by atoms with Gasteiger partial charge in [-0.25, -0.2) is 19.2 Å². The molecule has 0 aliphatic carbocycles. The van der Waals surface area contributed by atoms with E-state index in [-0.39, 0.29) is 47.6 Å². The van der Waals surface area contributed by atoms with E-state index in [4.69, 9.17) is 9.94 Å². The molecule has 11 heteroatoms. The van der Waals surface area contributed by atoms with Crippen LogP contribution in [0.3, 0.4) is 0 Å². The molecule has 0 spiro atoms. The van der Waals surface area contributed by atoms with Gasteiger partial charge < -0.3 is 19.6 Å². The summed E-state index contributed by atoms with van der Waals surface area (Å²) in [6, 6.07) is 15.4. The van der Waals surface area contributed by atoms with Crippen LogP contribution < -0.4 is 10.2 Å². The first-order chi connectivity index (χ1) is 23.9. The number of imidazole rings is 1. The van der Waals surface area contributed by atoms with Crippen molar-refractivity contribution in [2.24, 2.45) is 5.41 Å². The average molecular weight is 684 g/mol. The second kappa shape index (κ2) is 14.1. The van der Waals surface area contributed by atoms with E-state index in [1.807, 2.05) is 24.3 Å². The van der Waals surface area contributed by atoms with Gasteiger partial charge in [0.1, 0.15) is 17.4 Å². The third-order valence-electron chi connectivity index (χ3n) is 9.99.